The number of hydrogen-bond donors (Lipinski definition) is 2. The fraction of sp³-hybridized carbons (Fsp3) is 0.571. The number of nitrogens with zero attached hydrogens (tertiary/aromatic N) is 2. The van der Waals surface area contributed by atoms with Gasteiger partial charge in [-0.25, -0.2) is 9.98 Å². The summed E-state index contributed by atoms with van der Waals surface area (Å²) in [5.74, 6) is 1.64. The quantitative estimate of drug-likeness (QED) is 0.425. The number of guanidine groups is 1. The molecule has 0 radical (unpaired) electrons. The fourth-order valence-electron chi connectivity index (χ4n) is 1.41. The fourth-order valence-corrected chi connectivity index (χ4v) is 1.41. The van der Waals surface area contributed by atoms with E-state index in [0.717, 1.165) is 18.5 Å². The maximum Gasteiger partial charge on any atom is 0.218 e. The first kappa shape index (κ1) is 18.9. The number of hydrogen-bond acceptors (Lipinski definition) is 3. The van der Waals surface area contributed by atoms with Gasteiger partial charge in [0.1, 0.15) is 0 Å². The molecule has 0 bridgehead atoms. The Kier molecular flexibility index (Phi) is 10.1. The first-order valence-electron chi connectivity index (χ1n) is 6.74. The van der Waals surface area contributed by atoms with Gasteiger partial charge in [-0.3, -0.25) is 0 Å². The van der Waals surface area contributed by atoms with Gasteiger partial charge in [0, 0.05) is 18.3 Å². The van der Waals surface area contributed by atoms with Gasteiger partial charge in [-0.1, -0.05) is 26.8 Å². The van der Waals surface area contributed by atoms with Crippen molar-refractivity contribution < 1.29 is 4.74 Å². The summed E-state index contributed by atoms with van der Waals surface area (Å²) in [6, 6.07) is 3.83. The molecule has 0 atom stereocenters. The second-order valence-electron chi connectivity index (χ2n) is 4.79. The van der Waals surface area contributed by atoms with E-state index >= 15 is 0 Å². The molecular formula is C14H25IN4O. The molecule has 0 saturated carbocycles. The highest BCUT2D eigenvalue weighted by molar-refractivity contribution is 14.0. The third-order valence-corrected chi connectivity index (χ3v) is 2.40. The van der Waals surface area contributed by atoms with Crippen molar-refractivity contribution in [2.24, 2.45) is 16.6 Å². The summed E-state index contributed by atoms with van der Waals surface area (Å²) in [6.45, 7) is 8.27. The second kappa shape index (κ2) is 10.7. The van der Waals surface area contributed by atoms with E-state index in [2.05, 4.69) is 36.1 Å². The monoisotopic (exact) mass is 392 g/mol. The molecule has 0 spiro atoms. The molecule has 1 aromatic heterocycles. The van der Waals surface area contributed by atoms with Gasteiger partial charge in [-0.05, 0) is 18.4 Å². The van der Waals surface area contributed by atoms with Crippen LogP contribution in [-0.2, 0) is 6.54 Å². The first-order valence-corrected chi connectivity index (χ1v) is 6.74. The zero-order valence-electron chi connectivity index (χ0n) is 12.4. The SMILES string of the molecule is CCCOc1ncccc1CN=C(N)NCC(C)C.I. The van der Waals surface area contributed by atoms with E-state index in [4.69, 9.17) is 10.5 Å². The van der Waals surface area contributed by atoms with Crippen LogP contribution in [0.3, 0.4) is 0 Å². The van der Waals surface area contributed by atoms with Gasteiger partial charge in [0.05, 0.1) is 13.2 Å². The number of aromatic nitrogens is 1. The molecule has 0 amide bonds. The summed E-state index contributed by atoms with van der Waals surface area (Å²) in [5.41, 5.74) is 6.75. The Balaban J connectivity index is 0.00000361. The molecule has 0 aromatic carbocycles. The summed E-state index contributed by atoms with van der Waals surface area (Å²) in [6.07, 6.45) is 2.68. The van der Waals surface area contributed by atoms with Crippen LogP contribution in [0.15, 0.2) is 23.3 Å². The van der Waals surface area contributed by atoms with Crippen molar-refractivity contribution in [3.8, 4) is 5.88 Å². The smallest absolute Gasteiger partial charge is 0.218 e. The Morgan fingerprint density at radius 3 is 2.90 bits per heavy atom. The summed E-state index contributed by atoms with van der Waals surface area (Å²) in [4.78, 5) is 8.51. The molecule has 1 heterocycles. The topological polar surface area (TPSA) is 72.5 Å². The number of nitrogens with one attached hydrogen (secondary N) is 1. The second-order valence-corrected chi connectivity index (χ2v) is 4.79. The minimum Gasteiger partial charge on any atom is -0.477 e. The van der Waals surface area contributed by atoms with E-state index in [9.17, 15) is 0 Å². The molecule has 0 fully saturated rings. The predicted octanol–water partition coefficient (Wildman–Crippen LogP) is 2.55. The van der Waals surface area contributed by atoms with Gasteiger partial charge < -0.3 is 15.8 Å². The van der Waals surface area contributed by atoms with Gasteiger partial charge in [0.2, 0.25) is 5.88 Å². The Labute approximate surface area is 138 Å². The van der Waals surface area contributed by atoms with Crippen LogP contribution in [0, 0.1) is 5.92 Å². The van der Waals surface area contributed by atoms with Crippen molar-refractivity contribution >= 4 is 29.9 Å². The predicted molar refractivity (Wildman–Crippen MR) is 93.6 cm³/mol. The van der Waals surface area contributed by atoms with Crippen LogP contribution in [0.1, 0.15) is 32.8 Å². The Morgan fingerprint density at radius 1 is 1.50 bits per heavy atom. The van der Waals surface area contributed by atoms with Crippen LogP contribution in [-0.4, -0.2) is 24.1 Å². The normalized spacial score (nSPS) is 11.1. The maximum absolute atomic E-state index is 5.80. The van der Waals surface area contributed by atoms with Crippen LogP contribution in [0.25, 0.3) is 0 Å². The molecular weight excluding hydrogens is 367 g/mol. The molecule has 0 aliphatic rings. The number of rotatable bonds is 7. The van der Waals surface area contributed by atoms with Crippen LogP contribution >= 0.6 is 24.0 Å². The first-order chi connectivity index (χ1) is 9.13. The molecule has 1 rings (SSSR count). The summed E-state index contributed by atoms with van der Waals surface area (Å²) in [5, 5.41) is 3.08. The summed E-state index contributed by atoms with van der Waals surface area (Å²) < 4.78 is 5.58. The van der Waals surface area contributed by atoms with E-state index in [1.54, 1.807) is 6.20 Å². The lowest BCUT2D eigenvalue weighted by atomic mass is 10.2. The van der Waals surface area contributed by atoms with Crippen molar-refractivity contribution in [3.63, 3.8) is 0 Å². The van der Waals surface area contributed by atoms with Gasteiger partial charge in [0.15, 0.2) is 5.96 Å². The molecule has 6 heteroatoms. The number of ether oxygens (including phenoxy) is 1. The lowest BCUT2D eigenvalue weighted by molar-refractivity contribution is 0.302. The van der Waals surface area contributed by atoms with Gasteiger partial charge in [-0.2, -0.15) is 0 Å². The number of nitrogens with two attached hydrogens (primary N) is 1. The van der Waals surface area contributed by atoms with Crippen molar-refractivity contribution in [1.29, 1.82) is 0 Å². The molecule has 0 aliphatic carbocycles. The van der Waals surface area contributed by atoms with E-state index in [1.165, 1.54) is 0 Å². The van der Waals surface area contributed by atoms with Crippen LogP contribution < -0.4 is 15.8 Å². The summed E-state index contributed by atoms with van der Waals surface area (Å²) >= 11 is 0. The third kappa shape index (κ3) is 7.52. The Bertz CT molecular complexity index is 410. The van der Waals surface area contributed by atoms with Crippen molar-refractivity contribution in [3.05, 3.63) is 23.9 Å². The maximum atomic E-state index is 5.80. The molecule has 0 saturated heterocycles. The zero-order valence-corrected chi connectivity index (χ0v) is 14.8. The number of pyridine rings is 1. The largest absolute Gasteiger partial charge is 0.477 e. The van der Waals surface area contributed by atoms with E-state index < -0.39 is 0 Å². The van der Waals surface area contributed by atoms with E-state index in [1.807, 2.05) is 12.1 Å². The molecule has 1 aromatic rings. The average molecular weight is 392 g/mol. The van der Waals surface area contributed by atoms with Crippen LogP contribution in [0.2, 0.25) is 0 Å². The molecule has 5 nitrogen and oxygen atoms in total. The minimum absolute atomic E-state index is 0. The molecule has 0 aliphatic heterocycles. The van der Waals surface area contributed by atoms with Crippen LogP contribution in [0.5, 0.6) is 5.88 Å². The number of halogens is 1. The van der Waals surface area contributed by atoms with Gasteiger partial charge in [-0.15, -0.1) is 24.0 Å². The molecule has 0 unspecified atom stereocenters. The Morgan fingerprint density at radius 2 is 2.25 bits per heavy atom. The minimum atomic E-state index is 0. The number of aliphatic imine (C=N–C) groups is 1. The van der Waals surface area contributed by atoms with Gasteiger partial charge in [0.25, 0.3) is 0 Å². The highest BCUT2D eigenvalue weighted by Gasteiger charge is 2.04. The highest BCUT2D eigenvalue weighted by Crippen LogP contribution is 2.15. The zero-order chi connectivity index (χ0) is 14.1. The Hall–Kier alpha value is -1.05. The van der Waals surface area contributed by atoms with Crippen molar-refractivity contribution in [2.75, 3.05) is 13.2 Å². The standard InChI is InChI=1S/C14H24N4O.HI/c1-4-8-19-13-12(6-5-7-16-13)10-18-14(15)17-9-11(2)3;/h5-7,11H,4,8-10H2,1-3H3,(H3,15,17,18);1H. The lowest BCUT2D eigenvalue weighted by Gasteiger charge is -2.09. The molecule has 114 valence electrons. The highest BCUT2D eigenvalue weighted by atomic mass is 127. The van der Waals surface area contributed by atoms with E-state index in [-0.39, 0.29) is 24.0 Å². The molecule has 20 heavy (non-hydrogen) atoms. The van der Waals surface area contributed by atoms with Crippen LogP contribution in [0.4, 0.5) is 0 Å². The summed E-state index contributed by atoms with van der Waals surface area (Å²) in [7, 11) is 0. The average Bonchev–Trinajstić information content (AvgIpc) is 2.41. The van der Waals surface area contributed by atoms with Gasteiger partial charge >= 0.3 is 0 Å². The molecule has 3 N–H and O–H groups in total. The lowest BCUT2D eigenvalue weighted by Crippen LogP contribution is -2.34. The van der Waals surface area contributed by atoms with Crippen molar-refractivity contribution in [1.82, 2.24) is 10.3 Å². The van der Waals surface area contributed by atoms with E-state index in [0.29, 0.717) is 30.9 Å². The van der Waals surface area contributed by atoms with Crippen molar-refractivity contribution in [2.45, 2.75) is 33.7 Å². The third-order valence-electron chi connectivity index (χ3n) is 2.40.